The van der Waals surface area contributed by atoms with Crippen molar-refractivity contribution in [3.8, 4) is 17.2 Å². The summed E-state index contributed by atoms with van der Waals surface area (Å²) in [6, 6.07) is 13.1. The van der Waals surface area contributed by atoms with Gasteiger partial charge in [-0.1, -0.05) is 12.1 Å². The summed E-state index contributed by atoms with van der Waals surface area (Å²) in [4.78, 5) is 32.2. The van der Waals surface area contributed by atoms with Crippen LogP contribution in [0.2, 0.25) is 0 Å². The molecular weight excluding hydrogens is 460 g/mol. The number of Topliss-reactive ketones (excluding diaryl/α,β-unsaturated/α-hetero) is 1. The number of amides is 1. The molecule has 4 rings (SSSR count). The zero-order valence-electron chi connectivity index (χ0n) is 20.6. The van der Waals surface area contributed by atoms with Crippen molar-refractivity contribution in [3.63, 3.8) is 0 Å². The van der Waals surface area contributed by atoms with E-state index in [0.29, 0.717) is 40.5 Å². The Kier molecular flexibility index (Phi) is 7.24. The van der Waals surface area contributed by atoms with Crippen LogP contribution >= 0.6 is 0 Å². The molecule has 8 heteroatoms. The Morgan fingerprint density at radius 1 is 1.06 bits per heavy atom. The van der Waals surface area contributed by atoms with Gasteiger partial charge in [0.25, 0.3) is 11.7 Å². The molecule has 186 valence electrons. The lowest BCUT2D eigenvalue weighted by molar-refractivity contribution is -0.140. The first-order chi connectivity index (χ1) is 17.4. The smallest absolute Gasteiger partial charge is 0.295 e. The largest absolute Gasteiger partial charge is 0.507 e. The van der Waals surface area contributed by atoms with Crippen molar-refractivity contribution in [1.29, 1.82) is 0 Å². The highest BCUT2D eigenvalue weighted by atomic mass is 16.5. The Labute approximate surface area is 209 Å². The summed E-state index contributed by atoms with van der Waals surface area (Å²) in [7, 11) is 3.08. The minimum atomic E-state index is -0.851. The predicted molar refractivity (Wildman–Crippen MR) is 134 cm³/mol. The van der Waals surface area contributed by atoms with Gasteiger partial charge in [-0.25, -0.2) is 0 Å². The molecule has 0 unspecified atom stereocenters. The average Bonchev–Trinajstić information content (AvgIpc) is 3.14. The zero-order chi connectivity index (χ0) is 25.8. The van der Waals surface area contributed by atoms with Gasteiger partial charge in [-0.15, -0.1) is 0 Å². The van der Waals surface area contributed by atoms with E-state index in [1.807, 2.05) is 13.0 Å². The lowest BCUT2D eigenvalue weighted by atomic mass is 9.93. The van der Waals surface area contributed by atoms with E-state index in [4.69, 9.17) is 14.2 Å². The number of aliphatic hydroxyl groups is 1. The van der Waals surface area contributed by atoms with Gasteiger partial charge in [0.2, 0.25) is 0 Å². The van der Waals surface area contributed by atoms with Gasteiger partial charge >= 0.3 is 0 Å². The van der Waals surface area contributed by atoms with Crippen LogP contribution in [0.4, 0.5) is 0 Å². The van der Waals surface area contributed by atoms with Crippen LogP contribution in [-0.4, -0.2) is 47.5 Å². The number of hydrogen-bond donors (Lipinski definition) is 1. The Bertz CT molecular complexity index is 1320. The number of aliphatic hydroxyl groups excluding tert-OH is 1. The molecule has 1 atom stereocenters. The first-order valence-corrected chi connectivity index (χ1v) is 11.5. The number of ketones is 1. The molecule has 0 saturated carbocycles. The molecule has 1 aliphatic heterocycles. The van der Waals surface area contributed by atoms with Crippen LogP contribution in [0.5, 0.6) is 17.2 Å². The minimum absolute atomic E-state index is 0.00312. The van der Waals surface area contributed by atoms with Crippen molar-refractivity contribution >= 4 is 17.4 Å². The maximum Gasteiger partial charge on any atom is 0.295 e. The minimum Gasteiger partial charge on any atom is -0.507 e. The third-order valence-corrected chi connectivity index (χ3v) is 6.11. The van der Waals surface area contributed by atoms with E-state index in [-0.39, 0.29) is 17.9 Å². The summed E-state index contributed by atoms with van der Waals surface area (Å²) in [6.45, 7) is 4.26. The molecule has 2 aromatic carbocycles. The standard InChI is InChI=1S/C28H28N2O6/c1-5-36-22-11-8-19(14-23(22)35-4)25-24(26(31)21-10-9-20(34-3)13-17(21)2)27(32)28(33)30(25)16-18-7-6-12-29-15-18/h6-15,25,31H,5,16H2,1-4H3/b26-24+/t25-/m0/s1. The number of methoxy groups -OCH3 is 2. The lowest BCUT2D eigenvalue weighted by Gasteiger charge is -2.26. The molecule has 1 fully saturated rings. The predicted octanol–water partition coefficient (Wildman–Crippen LogP) is 4.43. The van der Waals surface area contributed by atoms with E-state index in [2.05, 4.69) is 4.98 Å². The molecule has 0 aliphatic carbocycles. The third kappa shape index (κ3) is 4.62. The second-order valence-corrected chi connectivity index (χ2v) is 8.31. The van der Waals surface area contributed by atoms with Crippen LogP contribution in [-0.2, 0) is 16.1 Å². The van der Waals surface area contributed by atoms with Gasteiger partial charge in [0, 0.05) is 24.5 Å². The summed E-state index contributed by atoms with van der Waals surface area (Å²) in [5.74, 6) is -0.0938. The van der Waals surface area contributed by atoms with E-state index < -0.39 is 17.7 Å². The number of rotatable bonds is 8. The van der Waals surface area contributed by atoms with E-state index in [9.17, 15) is 14.7 Å². The number of ether oxygens (including phenoxy) is 3. The van der Waals surface area contributed by atoms with Gasteiger partial charge in [-0.05, 0) is 66.9 Å². The number of hydrogen-bond acceptors (Lipinski definition) is 7. The highest BCUT2D eigenvalue weighted by molar-refractivity contribution is 6.46. The second-order valence-electron chi connectivity index (χ2n) is 8.31. The summed E-state index contributed by atoms with van der Waals surface area (Å²) in [5.41, 5.74) is 2.50. The maximum atomic E-state index is 13.4. The van der Waals surface area contributed by atoms with E-state index in [1.54, 1.807) is 68.9 Å². The highest BCUT2D eigenvalue weighted by Crippen LogP contribution is 2.43. The molecule has 0 spiro atoms. The Balaban J connectivity index is 1.90. The number of pyridine rings is 1. The molecule has 0 radical (unpaired) electrons. The van der Waals surface area contributed by atoms with Crippen molar-refractivity contribution in [2.75, 3.05) is 20.8 Å². The summed E-state index contributed by atoms with van der Waals surface area (Å²) in [5, 5.41) is 11.4. The summed E-state index contributed by atoms with van der Waals surface area (Å²) < 4.78 is 16.4. The molecule has 0 bridgehead atoms. The second kappa shape index (κ2) is 10.5. The van der Waals surface area contributed by atoms with E-state index in [0.717, 1.165) is 5.56 Å². The first kappa shape index (κ1) is 24.8. The molecule has 1 N–H and O–H groups in total. The van der Waals surface area contributed by atoms with Crippen molar-refractivity contribution < 1.29 is 28.9 Å². The van der Waals surface area contributed by atoms with Crippen molar-refractivity contribution in [1.82, 2.24) is 9.88 Å². The van der Waals surface area contributed by atoms with Gasteiger partial charge in [0.15, 0.2) is 11.5 Å². The number of nitrogens with zero attached hydrogens (tertiary/aromatic N) is 2. The molecule has 1 aliphatic rings. The van der Waals surface area contributed by atoms with Gasteiger partial charge in [0.05, 0.1) is 32.4 Å². The van der Waals surface area contributed by atoms with Gasteiger partial charge < -0.3 is 24.2 Å². The van der Waals surface area contributed by atoms with Crippen LogP contribution in [0.25, 0.3) is 5.76 Å². The molecule has 1 aromatic heterocycles. The van der Waals surface area contributed by atoms with Crippen LogP contribution in [0.1, 0.15) is 35.2 Å². The molecule has 1 amide bonds. The van der Waals surface area contributed by atoms with Crippen LogP contribution in [0, 0.1) is 6.92 Å². The lowest BCUT2D eigenvalue weighted by Crippen LogP contribution is -2.29. The number of likely N-dealkylation sites (tertiary alicyclic amines) is 1. The number of aryl methyl sites for hydroxylation is 1. The maximum absolute atomic E-state index is 13.4. The third-order valence-electron chi connectivity index (χ3n) is 6.11. The van der Waals surface area contributed by atoms with Gasteiger partial charge in [-0.2, -0.15) is 0 Å². The fourth-order valence-electron chi connectivity index (χ4n) is 4.38. The quantitative estimate of drug-likeness (QED) is 0.285. The number of aromatic nitrogens is 1. The van der Waals surface area contributed by atoms with E-state index >= 15 is 0 Å². The topological polar surface area (TPSA) is 98.2 Å². The Morgan fingerprint density at radius 3 is 2.50 bits per heavy atom. The average molecular weight is 489 g/mol. The Hall–Kier alpha value is -4.33. The molecule has 1 saturated heterocycles. The number of carbonyl (C=O) groups is 2. The van der Waals surface area contributed by atoms with Crippen molar-refractivity contribution in [3.05, 3.63) is 88.8 Å². The SMILES string of the molecule is CCOc1ccc([C@H]2/C(=C(\O)c3ccc(OC)cc3C)C(=O)C(=O)N2Cc2cccnc2)cc1OC. The normalized spacial score (nSPS) is 16.8. The van der Waals surface area contributed by atoms with Crippen LogP contribution in [0.3, 0.4) is 0 Å². The number of carbonyl (C=O) groups excluding carboxylic acids is 2. The zero-order valence-corrected chi connectivity index (χ0v) is 20.6. The molecule has 3 aromatic rings. The van der Waals surface area contributed by atoms with Crippen molar-refractivity contribution in [2.45, 2.75) is 26.4 Å². The fourth-order valence-corrected chi connectivity index (χ4v) is 4.38. The molecular formula is C28H28N2O6. The van der Waals surface area contributed by atoms with Crippen LogP contribution in [0.15, 0.2) is 66.5 Å². The van der Waals surface area contributed by atoms with Crippen molar-refractivity contribution in [2.24, 2.45) is 0 Å². The molecule has 8 nitrogen and oxygen atoms in total. The Morgan fingerprint density at radius 2 is 1.86 bits per heavy atom. The highest BCUT2D eigenvalue weighted by Gasteiger charge is 2.46. The summed E-state index contributed by atoms with van der Waals surface area (Å²) >= 11 is 0. The van der Waals surface area contributed by atoms with Gasteiger partial charge in [-0.3, -0.25) is 14.6 Å². The fraction of sp³-hybridized carbons (Fsp3) is 0.250. The van der Waals surface area contributed by atoms with E-state index in [1.165, 1.54) is 12.0 Å². The number of benzene rings is 2. The molecule has 2 heterocycles. The monoisotopic (exact) mass is 488 g/mol. The molecule has 36 heavy (non-hydrogen) atoms. The van der Waals surface area contributed by atoms with Crippen LogP contribution < -0.4 is 14.2 Å². The first-order valence-electron chi connectivity index (χ1n) is 11.5. The van der Waals surface area contributed by atoms with Gasteiger partial charge in [0.1, 0.15) is 11.5 Å². The summed E-state index contributed by atoms with van der Waals surface area (Å²) in [6.07, 6.45) is 3.28.